The second kappa shape index (κ2) is 7.33. The number of halogens is 1. The number of benzene rings is 1. The van der Waals surface area contributed by atoms with E-state index < -0.39 is 12.1 Å². The predicted octanol–water partition coefficient (Wildman–Crippen LogP) is 3.59. The largest absolute Gasteiger partial charge is 0.479 e. The van der Waals surface area contributed by atoms with Gasteiger partial charge in [-0.25, -0.2) is 4.79 Å². The number of ether oxygens (including phenoxy) is 3. The van der Waals surface area contributed by atoms with Crippen LogP contribution in [0.25, 0.3) is 5.65 Å². The lowest BCUT2D eigenvalue weighted by Crippen LogP contribution is -2.24. The van der Waals surface area contributed by atoms with Crippen LogP contribution in [0.4, 0.5) is 0 Å². The number of hydrogen-bond acceptors (Lipinski definition) is 6. The minimum Gasteiger partial charge on any atom is -0.479 e. The van der Waals surface area contributed by atoms with Gasteiger partial charge in [-0.05, 0) is 43.3 Å². The van der Waals surface area contributed by atoms with Crippen molar-refractivity contribution in [3.63, 3.8) is 0 Å². The Morgan fingerprint density at radius 1 is 1.23 bits per heavy atom. The van der Waals surface area contributed by atoms with Gasteiger partial charge in [0.05, 0.1) is 12.1 Å². The molecule has 1 aromatic carbocycles. The summed E-state index contributed by atoms with van der Waals surface area (Å²) in [7, 11) is 1.30. The van der Waals surface area contributed by atoms with Crippen molar-refractivity contribution in [2.75, 3.05) is 7.11 Å². The molecule has 1 unspecified atom stereocenters. The third-order valence-corrected chi connectivity index (χ3v) is 3.76. The zero-order valence-corrected chi connectivity index (χ0v) is 14.7. The summed E-state index contributed by atoms with van der Waals surface area (Å²) in [5, 5.41) is 9.88. The number of hydrogen-bond donors (Lipinski definition) is 0. The van der Waals surface area contributed by atoms with Crippen molar-refractivity contribution in [1.29, 1.82) is 5.26 Å². The monoisotopic (exact) mass is 371 g/mol. The standard InChI is InChI=1S/C18H14ClN3O4/c1-11(18(23)24-2)25-13-4-6-14(7-5-13)26-17-15(9-20)22-10-12(19)3-8-16(22)21-17/h3-8,10-11H,1-2H3. The molecule has 3 rings (SSSR count). The molecule has 1 atom stereocenters. The number of imidazole rings is 1. The molecule has 7 nitrogen and oxygen atoms in total. The quantitative estimate of drug-likeness (QED) is 0.637. The van der Waals surface area contributed by atoms with Crippen molar-refractivity contribution in [3.8, 4) is 23.4 Å². The van der Waals surface area contributed by atoms with E-state index in [0.29, 0.717) is 22.2 Å². The van der Waals surface area contributed by atoms with Gasteiger partial charge in [-0.2, -0.15) is 10.2 Å². The summed E-state index contributed by atoms with van der Waals surface area (Å²) in [5.74, 6) is 0.658. The van der Waals surface area contributed by atoms with E-state index >= 15 is 0 Å². The molecule has 3 aromatic rings. The molecular formula is C18H14ClN3O4. The average Bonchev–Trinajstić information content (AvgIpc) is 2.98. The number of nitrogens with zero attached hydrogens (tertiary/aromatic N) is 3. The number of nitriles is 1. The third kappa shape index (κ3) is 3.55. The highest BCUT2D eigenvalue weighted by molar-refractivity contribution is 6.30. The molecule has 132 valence electrons. The summed E-state index contributed by atoms with van der Waals surface area (Å²) in [4.78, 5) is 15.7. The van der Waals surface area contributed by atoms with Crippen molar-refractivity contribution >= 4 is 23.2 Å². The van der Waals surface area contributed by atoms with Gasteiger partial charge in [0.2, 0.25) is 0 Å². The Kier molecular flexibility index (Phi) is 4.96. The van der Waals surface area contributed by atoms with Crippen LogP contribution in [0.2, 0.25) is 5.02 Å². The van der Waals surface area contributed by atoms with Crippen molar-refractivity contribution in [1.82, 2.24) is 9.38 Å². The number of fused-ring (bicyclic) bond motifs is 1. The fourth-order valence-corrected chi connectivity index (χ4v) is 2.45. The Labute approximate surface area is 154 Å². The zero-order valence-electron chi connectivity index (χ0n) is 14.0. The van der Waals surface area contributed by atoms with E-state index in [2.05, 4.69) is 15.8 Å². The zero-order chi connectivity index (χ0) is 18.7. The number of esters is 1. The molecule has 0 aliphatic carbocycles. The molecule has 8 heteroatoms. The van der Waals surface area contributed by atoms with Crippen LogP contribution in [0.1, 0.15) is 12.6 Å². The van der Waals surface area contributed by atoms with Gasteiger partial charge in [-0.15, -0.1) is 0 Å². The van der Waals surface area contributed by atoms with Crippen LogP contribution >= 0.6 is 11.6 Å². The molecule has 0 aliphatic rings. The molecule has 2 heterocycles. The number of pyridine rings is 1. The summed E-state index contributed by atoms with van der Waals surface area (Å²) < 4.78 is 17.3. The molecule has 0 saturated heterocycles. The molecule has 0 spiro atoms. The van der Waals surface area contributed by atoms with Gasteiger partial charge in [-0.1, -0.05) is 11.6 Å². The van der Waals surface area contributed by atoms with E-state index in [-0.39, 0.29) is 11.6 Å². The van der Waals surface area contributed by atoms with Crippen molar-refractivity contribution in [3.05, 3.63) is 53.3 Å². The van der Waals surface area contributed by atoms with Crippen molar-refractivity contribution < 1.29 is 19.0 Å². The van der Waals surface area contributed by atoms with Gasteiger partial charge in [-0.3, -0.25) is 4.40 Å². The number of aromatic nitrogens is 2. The van der Waals surface area contributed by atoms with E-state index in [1.54, 1.807) is 53.9 Å². The lowest BCUT2D eigenvalue weighted by Gasteiger charge is -2.12. The maximum absolute atomic E-state index is 11.4. The normalized spacial score (nSPS) is 11.6. The van der Waals surface area contributed by atoms with E-state index in [1.807, 2.05) is 0 Å². The summed E-state index contributed by atoms with van der Waals surface area (Å²) in [6.45, 7) is 1.59. The summed E-state index contributed by atoms with van der Waals surface area (Å²) >= 11 is 5.96. The van der Waals surface area contributed by atoms with Crippen molar-refractivity contribution in [2.24, 2.45) is 0 Å². The number of rotatable bonds is 5. The Bertz CT molecular complexity index is 992. The van der Waals surface area contributed by atoms with Crippen LogP contribution in [0, 0.1) is 11.3 Å². The first-order valence-electron chi connectivity index (χ1n) is 7.62. The molecule has 0 bridgehead atoms. The van der Waals surface area contributed by atoms with Crippen molar-refractivity contribution in [2.45, 2.75) is 13.0 Å². The fourth-order valence-electron chi connectivity index (χ4n) is 2.29. The van der Waals surface area contributed by atoms with E-state index in [9.17, 15) is 10.1 Å². The van der Waals surface area contributed by atoms with E-state index in [1.165, 1.54) is 7.11 Å². The summed E-state index contributed by atoms with van der Waals surface area (Å²) in [5.41, 5.74) is 0.787. The predicted molar refractivity (Wildman–Crippen MR) is 93.5 cm³/mol. The van der Waals surface area contributed by atoms with E-state index in [4.69, 9.17) is 21.1 Å². The average molecular weight is 372 g/mol. The first kappa shape index (κ1) is 17.6. The Morgan fingerprint density at radius 2 is 1.92 bits per heavy atom. The molecule has 0 N–H and O–H groups in total. The van der Waals surface area contributed by atoms with Gasteiger partial charge < -0.3 is 14.2 Å². The van der Waals surface area contributed by atoms with Gasteiger partial charge in [0.25, 0.3) is 5.88 Å². The van der Waals surface area contributed by atoms with Crippen LogP contribution in [0.5, 0.6) is 17.4 Å². The minimum atomic E-state index is -0.722. The Balaban J connectivity index is 1.80. The molecule has 0 fully saturated rings. The maximum Gasteiger partial charge on any atom is 0.346 e. The summed E-state index contributed by atoms with van der Waals surface area (Å²) in [6, 6.07) is 12.0. The third-order valence-electron chi connectivity index (χ3n) is 3.54. The van der Waals surface area contributed by atoms with Crippen LogP contribution in [0.15, 0.2) is 42.6 Å². The van der Waals surface area contributed by atoms with Gasteiger partial charge >= 0.3 is 5.97 Å². The van der Waals surface area contributed by atoms with Crippen LogP contribution in [0.3, 0.4) is 0 Å². The first-order valence-corrected chi connectivity index (χ1v) is 7.99. The maximum atomic E-state index is 11.4. The van der Waals surface area contributed by atoms with Gasteiger partial charge in [0, 0.05) is 6.20 Å². The Morgan fingerprint density at radius 3 is 2.58 bits per heavy atom. The minimum absolute atomic E-state index is 0.173. The first-order chi connectivity index (χ1) is 12.5. The molecule has 2 aromatic heterocycles. The Hall–Kier alpha value is -3.24. The smallest absolute Gasteiger partial charge is 0.346 e. The van der Waals surface area contributed by atoms with Gasteiger partial charge in [0.1, 0.15) is 23.2 Å². The second-order valence-electron chi connectivity index (χ2n) is 5.31. The molecule has 0 saturated carbocycles. The van der Waals surface area contributed by atoms with Gasteiger partial charge in [0.15, 0.2) is 11.8 Å². The fraction of sp³-hybridized carbons (Fsp3) is 0.167. The summed E-state index contributed by atoms with van der Waals surface area (Å²) in [6.07, 6.45) is 0.876. The topological polar surface area (TPSA) is 85.8 Å². The highest BCUT2D eigenvalue weighted by Gasteiger charge is 2.16. The SMILES string of the molecule is COC(=O)C(C)Oc1ccc(Oc2nc3ccc(Cl)cn3c2C#N)cc1. The highest BCUT2D eigenvalue weighted by Crippen LogP contribution is 2.28. The molecule has 0 aliphatic heterocycles. The lowest BCUT2D eigenvalue weighted by atomic mass is 10.3. The number of carbonyl (C=O) groups is 1. The number of carbonyl (C=O) groups excluding carboxylic acids is 1. The molecular weight excluding hydrogens is 358 g/mol. The number of methoxy groups -OCH3 is 1. The van der Waals surface area contributed by atoms with Crippen LogP contribution < -0.4 is 9.47 Å². The highest BCUT2D eigenvalue weighted by atomic mass is 35.5. The second-order valence-corrected chi connectivity index (χ2v) is 5.75. The molecule has 26 heavy (non-hydrogen) atoms. The van der Waals surface area contributed by atoms with Crippen LogP contribution in [-0.2, 0) is 9.53 Å². The molecule has 0 amide bonds. The van der Waals surface area contributed by atoms with Crippen LogP contribution in [-0.4, -0.2) is 28.6 Å². The molecule has 0 radical (unpaired) electrons. The van der Waals surface area contributed by atoms with E-state index in [0.717, 1.165) is 0 Å². The lowest BCUT2D eigenvalue weighted by molar-refractivity contribution is -0.147.